The minimum absolute atomic E-state index is 0.0377. The molecule has 2 heterocycles. The van der Waals surface area contributed by atoms with Crippen LogP contribution in [0, 0.1) is 5.92 Å². The number of hydrogen-bond donors (Lipinski definition) is 1. The van der Waals surface area contributed by atoms with E-state index in [0.717, 1.165) is 17.8 Å². The standard InChI is InChI=1S/C17H22N2O2S/c20-16(18-9-8-13-5-2-1-3-6-13)14-11-19(12-14)17(21)15-7-4-10-22-15/h4-5,7,10,14H,1-3,6,8-9,11-12H2,(H,18,20). The number of likely N-dealkylation sites (tertiary alicyclic amines) is 1. The number of hydrogen-bond acceptors (Lipinski definition) is 3. The first-order chi connectivity index (χ1) is 10.7. The molecule has 0 spiro atoms. The molecule has 0 atom stereocenters. The molecule has 22 heavy (non-hydrogen) atoms. The van der Waals surface area contributed by atoms with Crippen molar-refractivity contribution < 1.29 is 9.59 Å². The topological polar surface area (TPSA) is 49.4 Å². The minimum Gasteiger partial charge on any atom is -0.355 e. The summed E-state index contributed by atoms with van der Waals surface area (Å²) < 4.78 is 0. The summed E-state index contributed by atoms with van der Waals surface area (Å²) in [6.45, 7) is 1.82. The van der Waals surface area contributed by atoms with Gasteiger partial charge in [-0.15, -0.1) is 11.3 Å². The van der Waals surface area contributed by atoms with Gasteiger partial charge in [0.15, 0.2) is 0 Å². The predicted octanol–water partition coefficient (Wildman–Crippen LogP) is 2.83. The largest absolute Gasteiger partial charge is 0.355 e. The highest BCUT2D eigenvalue weighted by Gasteiger charge is 2.36. The van der Waals surface area contributed by atoms with E-state index in [9.17, 15) is 9.59 Å². The van der Waals surface area contributed by atoms with Gasteiger partial charge in [-0.25, -0.2) is 0 Å². The number of carbonyl (C=O) groups excluding carboxylic acids is 2. The van der Waals surface area contributed by atoms with Crippen molar-refractivity contribution in [3.63, 3.8) is 0 Å². The summed E-state index contributed by atoms with van der Waals surface area (Å²) in [5.74, 6) is 0.0993. The van der Waals surface area contributed by atoms with E-state index < -0.39 is 0 Å². The van der Waals surface area contributed by atoms with Gasteiger partial charge in [-0.05, 0) is 43.6 Å². The van der Waals surface area contributed by atoms with Gasteiger partial charge in [-0.1, -0.05) is 17.7 Å². The Hall–Kier alpha value is -1.62. The van der Waals surface area contributed by atoms with E-state index in [1.54, 1.807) is 4.90 Å². The van der Waals surface area contributed by atoms with Gasteiger partial charge in [0.05, 0.1) is 10.8 Å². The Labute approximate surface area is 135 Å². The molecule has 0 saturated carbocycles. The van der Waals surface area contributed by atoms with E-state index in [1.807, 2.05) is 17.5 Å². The Morgan fingerprint density at radius 1 is 1.32 bits per heavy atom. The summed E-state index contributed by atoms with van der Waals surface area (Å²) in [5.41, 5.74) is 1.48. The Bertz CT molecular complexity index is 559. The third kappa shape index (κ3) is 3.58. The van der Waals surface area contributed by atoms with Crippen molar-refractivity contribution >= 4 is 23.2 Å². The zero-order valence-electron chi connectivity index (χ0n) is 12.7. The summed E-state index contributed by atoms with van der Waals surface area (Å²) in [4.78, 5) is 26.6. The lowest BCUT2D eigenvalue weighted by molar-refractivity contribution is -0.128. The lowest BCUT2D eigenvalue weighted by atomic mass is 9.96. The number of thiophene rings is 1. The van der Waals surface area contributed by atoms with Crippen molar-refractivity contribution in [2.24, 2.45) is 5.92 Å². The molecule has 1 aliphatic carbocycles. The maximum Gasteiger partial charge on any atom is 0.263 e. The second-order valence-electron chi connectivity index (χ2n) is 6.03. The Morgan fingerprint density at radius 2 is 2.18 bits per heavy atom. The summed E-state index contributed by atoms with van der Waals surface area (Å²) in [7, 11) is 0. The molecule has 2 aliphatic rings. The van der Waals surface area contributed by atoms with Gasteiger partial charge in [0.1, 0.15) is 0 Å². The molecule has 1 N–H and O–H groups in total. The highest BCUT2D eigenvalue weighted by atomic mass is 32.1. The first-order valence-electron chi connectivity index (χ1n) is 8.02. The third-order valence-electron chi connectivity index (χ3n) is 4.40. The molecule has 4 nitrogen and oxygen atoms in total. The molecule has 3 rings (SSSR count). The average molecular weight is 318 g/mol. The van der Waals surface area contributed by atoms with Crippen molar-refractivity contribution in [3.8, 4) is 0 Å². The van der Waals surface area contributed by atoms with Crippen LogP contribution < -0.4 is 5.32 Å². The summed E-state index contributed by atoms with van der Waals surface area (Å²) >= 11 is 1.45. The normalized spacial score (nSPS) is 18.5. The Balaban J connectivity index is 1.36. The number of nitrogens with one attached hydrogen (secondary N) is 1. The molecular weight excluding hydrogens is 296 g/mol. The summed E-state index contributed by atoms with van der Waals surface area (Å²) in [5, 5.41) is 4.91. The van der Waals surface area contributed by atoms with Crippen molar-refractivity contribution in [1.82, 2.24) is 10.2 Å². The van der Waals surface area contributed by atoms with Crippen LogP contribution in [0.5, 0.6) is 0 Å². The van der Waals surface area contributed by atoms with E-state index in [0.29, 0.717) is 13.1 Å². The quantitative estimate of drug-likeness (QED) is 0.849. The number of rotatable bonds is 5. The fourth-order valence-corrected chi connectivity index (χ4v) is 3.68. The molecular formula is C17H22N2O2S. The van der Waals surface area contributed by atoms with Crippen LogP contribution in [0.4, 0.5) is 0 Å². The van der Waals surface area contributed by atoms with E-state index >= 15 is 0 Å². The summed E-state index contributed by atoms with van der Waals surface area (Å²) in [6, 6.07) is 3.71. The first-order valence-corrected chi connectivity index (χ1v) is 8.90. The molecule has 1 aromatic rings. The zero-order valence-corrected chi connectivity index (χ0v) is 13.5. The Kier molecular flexibility index (Phi) is 4.93. The van der Waals surface area contributed by atoms with Crippen LogP contribution in [-0.2, 0) is 4.79 Å². The second kappa shape index (κ2) is 7.09. The minimum atomic E-state index is -0.0377. The molecule has 118 valence electrons. The maximum atomic E-state index is 12.1. The molecule has 0 unspecified atom stereocenters. The van der Waals surface area contributed by atoms with Crippen molar-refractivity contribution in [3.05, 3.63) is 34.0 Å². The third-order valence-corrected chi connectivity index (χ3v) is 5.26. The van der Waals surface area contributed by atoms with E-state index in [4.69, 9.17) is 0 Å². The number of nitrogens with zero attached hydrogens (tertiary/aromatic N) is 1. The van der Waals surface area contributed by atoms with Gasteiger partial charge >= 0.3 is 0 Å². The van der Waals surface area contributed by atoms with Gasteiger partial charge in [-0.2, -0.15) is 0 Å². The second-order valence-corrected chi connectivity index (χ2v) is 6.98. The number of amides is 2. The monoisotopic (exact) mass is 318 g/mol. The SMILES string of the molecule is O=C(NCCC1=CCCCC1)C1CN(C(=O)c2cccs2)C1. The maximum absolute atomic E-state index is 12.1. The molecule has 1 saturated heterocycles. The Morgan fingerprint density at radius 3 is 2.86 bits per heavy atom. The van der Waals surface area contributed by atoms with E-state index in [1.165, 1.54) is 42.6 Å². The molecule has 1 fully saturated rings. The highest BCUT2D eigenvalue weighted by Crippen LogP contribution is 2.22. The van der Waals surface area contributed by atoms with Crippen LogP contribution in [0.25, 0.3) is 0 Å². The fourth-order valence-electron chi connectivity index (χ4n) is 2.99. The van der Waals surface area contributed by atoms with Crippen molar-refractivity contribution in [2.75, 3.05) is 19.6 Å². The van der Waals surface area contributed by atoms with Crippen LogP contribution in [0.15, 0.2) is 29.2 Å². The predicted molar refractivity (Wildman–Crippen MR) is 87.9 cm³/mol. The number of carbonyl (C=O) groups is 2. The summed E-state index contributed by atoms with van der Waals surface area (Å²) in [6.07, 6.45) is 8.24. The molecule has 5 heteroatoms. The van der Waals surface area contributed by atoms with Crippen LogP contribution in [0.1, 0.15) is 41.8 Å². The lowest BCUT2D eigenvalue weighted by Gasteiger charge is -2.38. The van der Waals surface area contributed by atoms with Crippen LogP contribution in [0.3, 0.4) is 0 Å². The van der Waals surface area contributed by atoms with Gasteiger partial charge in [0.25, 0.3) is 5.91 Å². The lowest BCUT2D eigenvalue weighted by Crippen LogP contribution is -2.55. The fraction of sp³-hybridized carbons (Fsp3) is 0.529. The van der Waals surface area contributed by atoms with Crippen LogP contribution >= 0.6 is 11.3 Å². The molecule has 0 bridgehead atoms. The van der Waals surface area contributed by atoms with Gasteiger partial charge in [-0.3, -0.25) is 9.59 Å². The first kappa shape index (κ1) is 15.3. The van der Waals surface area contributed by atoms with Gasteiger partial charge in [0.2, 0.25) is 5.91 Å². The van der Waals surface area contributed by atoms with E-state index in [-0.39, 0.29) is 17.7 Å². The van der Waals surface area contributed by atoms with Crippen LogP contribution in [0.2, 0.25) is 0 Å². The highest BCUT2D eigenvalue weighted by molar-refractivity contribution is 7.12. The van der Waals surface area contributed by atoms with Gasteiger partial charge in [0, 0.05) is 19.6 Å². The molecule has 0 radical (unpaired) electrons. The van der Waals surface area contributed by atoms with Crippen molar-refractivity contribution in [2.45, 2.75) is 32.1 Å². The smallest absolute Gasteiger partial charge is 0.263 e. The van der Waals surface area contributed by atoms with E-state index in [2.05, 4.69) is 11.4 Å². The van der Waals surface area contributed by atoms with Crippen molar-refractivity contribution in [1.29, 1.82) is 0 Å². The van der Waals surface area contributed by atoms with Gasteiger partial charge < -0.3 is 10.2 Å². The van der Waals surface area contributed by atoms with Crippen LogP contribution in [-0.4, -0.2) is 36.3 Å². The molecule has 2 amide bonds. The zero-order chi connectivity index (χ0) is 15.4. The molecule has 1 aliphatic heterocycles. The number of allylic oxidation sites excluding steroid dienone is 1. The average Bonchev–Trinajstić information content (AvgIpc) is 3.01. The molecule has 0 aromatic carbocycles. The molecule has 1 aromatic heterocycles.